The fourth-order valence-electron chi connectivity index (χ4n) is 2.99. The second kappa shape index (κ2) is 7.81. The van der Waals surface area contributed by atoms with Crippen LogP contribution in [0.5, 0.6) is 0 Å². The molecule has 1 saturated heterocycles. The molecule has 1 fully saturated rings. The Balaban J connectivity index is 1.57. The minimum atomic E-state index is -0.0839. The molecule has 6 heteroatoms. The quantitative estimate of drug-likeness (QED) is 0.835. The topological polar surface area (TPSA) is 47.4 Å². The maximum atomic E-state index is 12.5. The number of aryl methyl sites for hydroxylation is 2. The van der Waals surface area contributed by atoms with Crippen molar-refractivity contribution in [1.82, 2.24) is 14.5 Å². The van der Waals surface area contributed by atoms with Crippen molar-refractivity contribution in [1.29, 1.82) is 0 Å². The zero-order chi connectivity index (χ0) is 16.9. The van der Waals surface area contributed by atoms with Crippen molar-refractivity contribution < 1.29 is 9.53 Å². The first-order valence-corrected chi connectivity index (χ1v) is 8.70. The smallest absolute Gasteiger partial charge is 0.224 e. The van der Waals surface area contributed by atoms with Gasteiger partial charge < -0.3 is 14.2 Å². The summed E-state index contributed by atoms with van der Waals surface area (Å²) in [5, 5.41) is 0.703. The molecule has 0 saturated carbocycles. The maximum Gasteiger partial charge on any atom is 0.224 e. The lowest BCUT2D eigenvalue weighted by molar-refractivity contribution is -0.139. The average molecular weight is 348 g/mol. The van der Waals surface area contributed by atoms with Crippen LogP contribution >= 0.6 is 11.6 Å². The fourth-order valence-corrected chi connectivity index (χ4v) is 3.11. The van der Waals surface area contributed by atoms with E-state index >= 15 is 0 Å². The zero-order valence-corrected chi connectivity index (χ0v) is 14.6. The summed E-state index contributed by atoms with van der Waals surface area (Å²) in [4.78, 5) is 18.7. The summed E-state index contributed by atoms with van der Waals surface area (Å²) < 4.78 is 7.87. The predicted octanol–water partition coefficient (Wildman–Crippen LogP) is 3.09. The molecule has 0 unspecified atom stereocenters. The first kappa shape index (κ1) is 17.0. The van der Waals surface area contributed by atoms with Gasteiger partial charge in [-0.05, 0) is 17.7 Å². The van der Waals surface area contributed by atoms with Gasteiger partial charge in [0.2, 0.25) is 5.91 Å². The summed E-state index contributed by atoms with van der Waals surface area (Å²) in [7, 11) is 0. The molecule has 0 radical (unpaired) electrons. The highest BCUT2D eigenvalue weighted by Crippen LogP contribution is 2.24. The van der Waals surface area contributed by atoms with Gasteiger partial charge in [-0.25, -0.2) is 4.98 Å². The van der Waals surface area contributed by atoms with Gasteiger partial charge >= 0.3 is 0 Å². The van der Waals surface area contributed by atoms with E-state index in [4.69, 9.17) is 16.3 Å². The van der Waals surface area contributed by atoms with E-state index in [0.717, 1.165) is 17.8 Å². The Labute approximate surface area is 147 Å². The van der Waals surface area contributed by atoms with Crippen LogP contribution in [-0.4, -0.2) is 40.1 Å². The molecule has 2 aromatic rings. The lowest BCUT2D eigenvalue weighted by Gasteiger charge is -2.33. The Hall–Kier alpha value is -1.85. The Morgan fingerprint density at radius 2 is 2.17 bits per heavy atom. The normalized spacial score (nSPS) is 17.9. The van der Waals surface area contributed by atoms with Gasteiger partial charge in [0.05, 0.1) is 13.2 Å². The van der Waals surface area contributed by atoms with Crippen LogP contribution in [0.1, 0.15) is 30.8 Å². The number of aromatic nitrogens is 2. The molecule has 0 N–H and O–H groups in total. The molecule has 24 heavy (non-hydrogen) atoms. The highest BCUT2D eigenvalue weighted by molar-refractivity contribution is 6.30. The van der Waals surface area contributed by atoms with Gasteiger partial charge in [0.15, 0.2) is 0 Å². The van der Waals surface area contributed by atoms with Crippen LogP contribution in [0, 0.1) is 0 Å². The second-order valence-electron chi connectivity index (χ2n) is 5.89. The molecular formula is C18H22ClN3O2. The molecule has 2 heterocycles. The van der Waals surface area contributed by atoms with Crippen molar-refractivity contribution in [2.45, 2.75) is 32.4 Å². The molecule has 1 aromatic heterocycles. The SMILES string of the molecule is CCc1nccn1CCC(=O)N1CCO[C@H](c2ccc(Cl)cc2)C1. The molecule has 0 aliphatic carbocycles. The van der Waals surface area contributed by atoms with Crippen molar-refractivity contribution in [3.63, 3.8) is 0 Å². The molecule has 1 aliphatic rings. The van der Waals surface area contributed by atoms with Crippen LogP contribution in [0.25, 0.3) is 0 Å². The molecule has 1 atom stereocenters. The Bertz CT molecular complexity index is 684. The molecule has 5 nitrogen and oxygen atoms in total. The third kappa shape index (κ3) is 3.97. The summed E-state index contributed by atoms with van der Waals surface area (Å²) in [6.07, 6.45) is 4.99. The molecule has 128 valence electrons. The summed E-state index contributed by atoms with van der Waals surface area (Å²) in [6, 6.07) is 7.62. The first-order chi connectivity index (χ1) is 11.7. The molecule has 1 amide bonds. The highest BCUT2D eigenvalue weighted by atomic mass is 35.5. The van der Waals surface area contributed by atoms with Gasteiger partial charge in [0, 0.05) is 43.3 Å². The van der Waals surface area contributed by atoms with Crippen LogP contribution < -0.4 is 0 Å². The summed E-state index contributed by atoms with van der Waals surface area (Å²) >= 11 is 5.93. The van der Waals surface area contributed by atoms with E-state index < -0.39 is 0 Å². The van der Waals surface area contributed by atoms with Crippen LogP contribution in [0.15, 0.2) is 36.7 Å². The third-order valence-corrected chi connectivity index (χ3v) is 4.60. The van der Waals surface area contributed by atoms with Gasteiger partial charge in [0.1, 0.15) is 11.9 Å². The minimum Gasteiger partial charge on any atom is -0.370 e. The summed E-state index contributed by atoms with van der Waals surface area (Å²) in [5.41, 5.74) is 1.06. The molecule has 1 aliphatic heterocycles. The number of halogens is 1. The maximum absolute atomic E-state index is 12.5. The van der Waals surface area contributed by atoms with Crippen LogP contribution in [0.4, 0.5) is 0 Å². The van der Waals surface area contributed by atoms with Crippen LogP contribution in [0.3, 0.4) is 0 Å². The molecule has 1 aromatic carbocycles. The van der Waals surface area contributed by atoms with Crippen molar-refractivity contribution in [2.24, 2.45) is 0 Å². The number of ether oxygens (including phenoxy) is 1. The molecule has 0 spiro atoms. The van der Waals surface area contributed by atoms with E-state index in [9.17, 15) is 4.79 Å². The lowest BCUT2D eigenvalue weighted by atomic mass is 10.1. The number of imidazole rings is 1. The number of hydrogen-bond donors (Lipinski definition) is 0. The number of rotatable bonds is 5. The van der Waals surface area contributed by atoms with E-state index in [-0.39, 0.29) is 12.0 Å². The Morgan fingerprint density at radius 1 is 1.38 bits per heavy atom. The van der Waals surface area contributed by atoms with E-state index in [0.29, 0.717) is 37.7 Å². The third-order valence-electron chi connectivity index (χ3n) is 4.35. The number of amides is 1. The van der Waals surface area contributed by atoms with Gasteiger partial charge in [-0.1, -0.05) is 30.7 Å². The zero-order valence-electron chi connectivity index (χ0n) is 13.8. The average Bonchev–Trinajstić information content (AvgIpc) is 3.08. The Morgan fingerprint density at radius 3 is 2.92 bits per heavy atom. The van der Waals surface area contributed by atoms with Crippen LogP contribution in [-0.2, 0) is 22.5 Å². The van der Waals surface area contributed by atoms with E-state index in [1.165, 1.54) is 0 Å². The van der Waals surface area contributed by atoms with Crippen molar-refractivity contribution in [2.75, 3.05) is 19.7 Å². The van der Waals surface area contributed by atoms with Crippen molar-refractivity contribution >= 4 is 17.5 Å². The number of hydrogen-bond acceptors (Lipinski definition) is 3. The monoisotopic (exact) mass is 347 g/mol. The molecule has 3 rings (SSSR count). The fraction of sp³-hybridized carbons (Fsp3) is 0.444. The van der Waals surface area contributed by atoms with Gasteiger partial charge in [-0.15, -0.1) is 0 Å². The van der Waals surface area contributed by atoms with E-state index in [2.05, 4.69) is 16.5 Å². The Kier molecular flexibility index (Phi) is 5.53. The summed E-state index contributed by atoms with van der Waals surface area (Å²) in [6.45, 7) is 4.53. The number of carbonyl (C=O) groups is 1. The highest BCUT2D eigenvalue weighted by Gasteiger charge is 2.25. The predicted molar refractivity (Wildman–Crippen MR) is 92.9 cm³/mol. The number of carbonyl (C=O) groups excluding carboxylic acids is 1. The van der Waals surface area contributed by atoms with Crippen LogP contribution in [0.2, 0.25) is 5.02 Å². The van der Waals surface area contributed by atoms with Crippen molar-refractivity contribution in [3.8, 4) is 0 Å². The van der Waals surface area contributed by atoms with E-state index in [1.807, 2.05) is 35.4 Å². The molecule has 0 bridgehead atoms. The van der Waals surface area contributed by atoms with Gasteiger partial charge in [-0.3, -0.25) is 4.79 Å². The van der Waals surface area contributed by atoms with Gasteiger partial charge in [-0.2, -0.15) is 0 Å². The molecular weight excluding hydrogens is 326 g/mol. The minimum absolute atomic E-state index is 0.0839. The number of morpholine rings is 1. The first-order valence-electron chi connectivity index (χ1n) is 8.32. The summed E-state index contributed by atoms with van der Waals surface area (Å²) in [5.74, 6) is 1.18. The second-order valence-corrected chi connectivity index (χ2v) is 6.33. The van der Waals surface area contributed by atoms with E-state index in [1.54, 1.807) is 6.20 Å². The number of nitrogens with zero attached hydrogens (tertiary/aromatic N) is 3. The number of benzene rings is 1. The largest absolute Gasteiger partial charge is 0.370 e. The standard InChI is InChI=1S/C18H22ClN3O2/c1-2-17-20-8-10-21(17)9-7-18(23)22-11-12-24-16(13-22)14-3-5-15(19)6-4-14/h3-6,8,10,16H,2,7,9,11-13H2,1H3/t16-/m0/s1. The van der Waals surface area contributed by atoms with Crippen molar-refractivity contribution in [3.05, 3.63) is 53.1 Å². The lowest BCUT2D eigenvalue weighted by Crippen LogP contribution is -2.42. The van der Waals surface area contributed by atoms with Gasteiger partial charge in [0.25, 0.3) is 0 Å².